The molecule has 2 rings (SSSR count). The number of amides is 1. The molecule has 0 radical (unpaired) electrons. The Bertz CT molecular complexity index is 442. The number of hydrogen-bond donors (Lipinski definition) is 2. The van der Waals surface area contributed by atoms with Gasteiger partial charge in [-0.05, 0) is 31.0 Å². The molecule has 0 aliphatic carbocycles. The van der Waals surface area contributed by atoms with Gasteiger partial charge >= 0.3 is 0 Å². The van der Waals surface area contributed by atoms with E-state index in [0.717, 1.165) is 11.3 Å². The first kappa shape index (κ1) is 13.8. The van der Waals surface area contributed by atoms with E-state index in [9.17, 15) is 4.79 Å². The normalized spacial score (nSPS) is 22.2. The summed E-state index contributed by atoms with van der Waals surface area (Å²) in [7, 11) is 0. The number of nitrogens with one attached hydrogen (secondary N) is 1. The summed E-state index contributed by atoms with van der Waals surface area (Å²) in [6.45, 7) is 3.70. The van der Waals surface area contributed by atoms with E-state index in [0.29, 0.717) is 26.2 Å². The van der Waals surface area contributed by atoms with Gasteiger partial charge in [0.2, 0.25) is 5.91 Å². The van der Waals surface area contributed by atoms with E-state index in [1.54, 1.807) is 0 Å². The van der Waals surface area contributed by atoms with Crippen molar-refractivity contribution in [3.05, 3.63) is 29.8 Å². The van der Waals surface area contributed by atoms with Crippen LogP contribution in [0.2, 0.25) is 0 Å². The van der Waals surface area contributed by atoms with E-state index in [1.807, 2.05) is 31.2 Å². The maximum absolute atomic E-state index is 11.9. The Kier molecular flexibility index (Phi) is 4.39. The number of nitrogens with two attached hydrogens (primary N) is 1. The van der Waals surface area contributed by atoms with E-state index in [2.05, 4.69) is 5.32 Å². The first-order chi connectivity index (χ1) is 9.10. The summed E-state index contributed by atoms with van der Waals surface area (Å²) in [5.74, 6) is 0.638. The average molecular weight is 264 g/mol. The third kappa shape index (κ3) is 3.68. The summed E-state index contributed by atoms with van der Waals surface area (Å²) in [6, 6.07) is 7.79. The first-order valence-corrected chi connectivity index (χ1v) is 6.44. The maximum Gasteiger partial charge on any atom is 0.242 e. The van der Waals surface area contributed by atoms with Gasteiger partial charge in [0, 0.05) is 6.61 Å². The number of benzene rings is 1. The van der Waals surface area contributed by atoms with Gasteiger partial charge in [0.15, 0.2) is 0 Å². The fraction of sp³-hybridized carbons (Fsp3) is 0.500. The number of ether oxygens (including phenoxy) is 2. The summed E-state index contributed by atoms with van der Waals surface area (Å²) in [5, 5.41) is 2.78. The molecule has 1 heterocycles. The topological polar surface area (TPSA) is 73.6 Å². The van der Waals surface area contributed by atoms with Crippen molar-refractivity contribution >= 4 is 5.91 Å². The van der Waals surface area contributed by atoms with Crippen LogP contribution in [0.4, 0.5) is 0 Å². The molecule has 1 aromatic rings. The van der Waals surface area contributed by atoms with Crippen LogP contribution in [0.1, 0.15) is 12.0 Å². The zero-order valence-electron chi connectivity index (χ0n) is 11.1. The molecule has 1 fully saturated rings. The SMILES string of the molecule is Cc1cccc(OCCNC(=O)C2(N)CCOC2)c1. The fourth-order valence-corrected chi connectivity index (χ4v) is 1.97. The second-order valence-corrected chi connectivity index (χ2v) is 4.88. The molecule has 1 unspecified atom stereocenters. The number of rotatable bonds is 5. The van der Waals surface area contributed by atoms with E-state index in [-0.39, 0.29) is 12.5 Å². The molecule has 1 aliphatic rings. The van der Waals surface area contributed by atoms with Gasteiger partial charge in [-0.25, -0.2) is 0 Å². The van der Waals surface area contributed by atoms with Crippen LogP contribution in [0.25, 0.3) is 0 Å². The van der Waals surface area contributed by atoms with E-state index in [4.69, 9.17) is 15.2 Å². The van der Waals surface area contributed by atoms with Gasteiger partial charge in [0.25, 0.3) is 0 Å². The number of carbonyl (C=O) groups is 1. The predicted molar refractivity (Wildman–Crippen MR) is 72.0 cm³/mol. The monoisotopic (exact) mass is 264 g/mol. The minimum absolute atomic E-state index is 0.169. The lowest BCUT2D eigenvalue weighted by atomic mass is 9.99. The number of aryl methyl sites for hydroxylation is 1. The lowest BCUT2D eigenvalue weighted by molar-refractivity contribution is -0.126. The Morgan fingerprint density at radius 3 is 3.11 bits per heavy atom. The summed E-state index contributed by atoms with van der Waals surface area (Å²) in [6.07, 6.45) is 0.567. The van der Waals surface area contributed by atoms with Crippen molar-refractivity contribution in [2.75, 3.05) is 26.4 Å². The van der Waals surface area contributed by atoms with Crippen molar-refractivity contribution in [3.63, 3.8) is 0 Å². The fourth-order valence-electron chi connectivity index (χ4n) is 1.97. The summed E-state index contributed by atoms with van der Waals surface area (Å²) in [4.78, 5) is 11.9. The molecule has 1 amide bonds. The lowest BCUT2D eigenvalue weighted by Crippen LogP contribution is -2.55. The molecule has 1 aliphatic heterocycles. The number of carbonyl (C=O) groups excluding carboxylic acids is 1. The smallest absolute Gasteiger partial charge is 0.242 e. The zero-order chi connectivity index (χ0) is 13.7. The van der Waals surface area contributed by atoms with E-state index >= 15 is 0 Å². The van der Waals surface area contributed by atoms with Crippen LogP contribution in [0, 0.1) is 6.92 Å². The molecule has 5 nitrogen and oxygen atoms in total. The highest BCUT2D eigenvalue weighted by Crippen LogP contribution is 2.15. The minimum atomic E-state index is -0.872. The van der Waals surface area contributed by atoms with Gasteiger partial charge in [-0.2, -0.15) is 0 Å². The van der Waals surface area contributed by atoms with Crippen LogP contribution in [0.15, 0.2) is 24.3 Å². The quantitative estimate of drug-likeness (QED) is 0.764. The van der Waals surface area contributed by atoms with E-state index in [1.165, 1.54) is 0 Å². The van der Waals surface area contributed by atoms with Gasteiger partial charge in [-0.15, -0.1) is 0 Å². The molecule has 3 N–H and O–H groups in total. The second-order valence-electron chi connectivity index (χ2n) is 4.88. The Morgan fingerprint density at radius 1 is 1.58 bits per heavy atom. The molecular formula is C14H20N2O3. The second kappa shape index (κ2) is 6.04. The highest BCUT2D eigenvalue weighted by atomic mass is 16.5. The third-order valence-corrected chi connectivity index (χ3v) is 3.15. The summed E-state index contributed by atoms with van der Waals surface area (Å²) >= 11 is 0. The number of hydrogen-bond acceptors (Lipinski definition) is 4. The Morgan fingerprint density at radius 2 is 2.42 bits per heavy atom. The van der Waals surface area contributed by atoms with Gasteiger partial charge in [0.1, 0.15) is 17.9 Å². The molecule has 0 bridgehead atoms. The van der Waals surface area contributed by atoms with Gasteiger partial charge in [-0.1, -0.05) is 12.1 Å². The third-order valence-electron chi connectivity index (χ3n) is 3.15. The van der Waals surface area contributed by atoms with Crippen molar-refractivity contribution in [1.29, 1.82) is 0 Å². The van der Waals surface area contributed by atoms with Crippen molar-refractivity contribution in [2.45, 2.75) is 18.9 Å². The molecule has 1 saturated heterocycles. The average Bonchev–Trinajstić information content (AvgIpc) is 2.83. The van der Waals surface area contributed by atoms with Crippen molar-refractivity contribution in [2.24, 2.45) is 5.73 Å². The zero-order valence-corrected chi connectivity index (χ0v) is 11.1. The standard InChI is InChI=1S/C14H20N2O3/c1-11-3-2-4-12(9-11)19-8-6-16-13(17)14(15)5-7-18-10-14/h2-4,9H,5-8,10,15H2,1H3,(H,16,17). The van der Waals surface area contributed by atoms with Crippen LogP contribution >= 0.6 is 0 Å². The van der Waals surface area contributed by atoms with Crippen LogP contribution in [0.3, 0.4) is 0 Å². The van der Waals surface area contributed by atoms with Crippen molar-refractivity contribution in [3.8, 4) is 5.75 Å². The molecule has 0 aromatic heterocycles. The Hall–Kier alpha value is -1.59. The van der Waals surface area contributed by atoms with Crippen molar-refractivity contribution in [1.82, 2.24) is 5.32 Å². The van der Waals surface area contributed by atoms with Gasteiger partial charge in [0.05, 0.1) is 13.2 Å². The molecule has 0 spiro atoms. The van der Waals surface area contributed by atoms with Crippen LogP contribution in [-0.2, 0) is 9.53 Å². The van der Waals surface area contributed by atoms with Crippen LogP contribution in [-0.4, -0.2) is 37.8 Å². The lowest BCUT2D eigenvalue weighted by Gasteiger charge is -2.20. The minimum Gasteiger partial charge on any atom is -0.492 e. The van der Waals surface area contributed by atoms with E-state index < -0.39 is 5.54 Å². The van der Waals surface area contributed by atoms with Gasteiger partial charge < -0.3 is 20.5 Å². The molecule has 19 heavy (non-hydrogen) atoms. The molecule has 5 heteroatoms. The van der Waals surface area contributed by atoms with Crippen molar-refractivity contribution < 1.29 is 14.3 Å². The molecule has 0 saturated carbocycles. The molecule has 1 atom stereocenters. The highest BCUT2D eigenvalue weighted by molar-refractivity contribution is 5.86. The first-order valence-electron chi connectivity index (χ1n) is 6.44. The summed E-state index contributed by atoms with van der Waals surface area (Å²) < 4.78 is 10.7. The Labute approximate surface area is 113 Å². The maximum atomic E-state index is 11.9. The van der Waals surface area contributed by atoms with Crippen LogP contribution in [0.5, 0.6) is 5.75 Å². The Balaban J connectivity index is 1.71. The van der Waals surface area contributed by atoms with Crippen LogP contribution < -0.4 is 15.8 Å². The largest absolute Gasteiger partial charge is 0.492 e. The molecular weight excluding hydrogens is 244 g/mol. The summed E-state index contributed by atoms with van der Waals surface area (Å²) in [5.41, 5.74) is 6.21. The highest BCUT2D eigenvalue weighted by Gasteiger charge is 2.37. The predicted octanol–water partition coefficient (Wildman–Crippen LogP) is 0.608. The molecule has 104 valence electrons. The molecule has 1 aromatic carbocycles. The van der Waals surface area contributed by atoms with Gasteiger partial charge in [-0.3, -0.25) is 4.79 Å².